The van der Waals surface area contributed by atoms with E-state index in [4.69, 9.17) is 4.74 Å². The summed E-state index contributed by atoms with van der Waals surface area (Å²) in [5.74, 6) is -0.295. The van der Waals surface area contributed by atoms with E-state index in [1.54, 1.807) is 6.92 Å². The minimum Gasteiger partial charge on any atom is -1.00 e. The number of esters is 1. The van der Waals surface area contributed by atoms with Crippen molar-refractivity contribution >= 4 is 5.97 Å². The second kappa shape index (κ2) is 7.01. The molecule has 0 aliphatic heterocycles. The maximum absolute atomic E-state index is 11.0. The van der Waals surface area contributed by atoms with E-state index in [-0.39, 0.29) is 23.0 Å². The monoisotopic (exact) mass is 265 g/mol. The van der Waals surface area contributed by atoms with E-state index in [9.17, 15) is 4.79 Å². The zero-order chi connectivity index (χ0) is 10.5. The Kier molecular flexibility index (Phi) is 8.06. The Balaban J connectivity index is 0. The van der Waals surface area contributed by atoms with Gasteiger partial charge in [-0.2, -0.15) is 0 Å². The van der Waals surface area contributed by atoms with Crippen LogP contribution in [0.3, 0.4) is 0 Å². The molecule has 0 radical (unpaired) electrons. The van der Waals surface area contributed by atoms with E-state index < -0.39 is 0 Å². The molecule has 0 spiro atoms. The van der Waals surface area contributed by atoms with Crippen LogP contribution in [-0.4, -0.2) is 44.2 Å². The summed E-state index contributed by atoms with van der Waals surface area (Å²) >= 11 is 0. The molecule has 0 aromatic heterocycles. The average Bonchev–Trinajstić information content (AvgIpc) is 2.04. The third-order valence-corrected chi connectivity index (χ3v) is 2.13. The number of carbonyl (C=O) groups is 1. The molecule has 84 valence electrons. The molecular weight excluding hydrogens is 246 g/mol. The van der Waals surface area contributed by atoms with Crippen molar-refractivity contribution < 1.29 is 31.0 Å². The molecule has 0 N–H and O–H groups in total. The molecule has 14 heavy (non-hydrogen) atoms. The Morgan fingerprint density at radius 3 is 2.29 bits per heavy atom. The Labute approximate surface area is 97.1 Å². The molecular formula is C10H20BrNO2. The van der Waals surface area contributed by atoms with E-state index in [0.29, 0.717) is 12.2 Å². The summed E-state index contributed by atoms with van der Waals surface area (Å²) < 4.78 is 5.85. The first kappa shape index (κ1) is 16.1. The highest BCUT2D eigenvalue weighted by molar-refractivity contribution is 5.86. The normalized spacial score (nSPS) is 10.3. The molecule has 0 fully saturated rings. The largest absolute Gasteiger partial charge is 1.00 e. The lowest BCUT2D eigenvalue weighted by Crippen LogP contribution is -3.00. The molecule has 0 saturated carbocycles. The number of quaternary nitrogens is 1. The summed E-state index contributed by atoms with van der Waals surface area (Å²) in [6.07, 6.45) is 0. The number of likely N-dealkylation sites (N-methyl/N-ethyl adjacent to an activating group) is 1. The Morgan fingerprint density at radius 2 is 1.93 bits per heavy atom. The van der Waals surface area contributed by atoms with Gasteiger partial charge in [-0.3, -0.25) is 0 Å². The summed E-state index contributed by atoms with van der Waals surface area (Å²) in [5.41, 5.74) is 0.460. The predicted molar refractivity (Wildman–Crippen MR) is 53.3 cm³/mol. The first-order chi connectivity index (χ1) is 5.89. The van der Waals surface area contributed by atoms with Crippen LogP contribution in [0.1, 0.15) is 13.8 Å². The van der Waals surface area contributed by atoms with Gasteiger partial charge in [-0.1, -0.05) is 6.58 Å². The third kappa shape index (κ3) is 7.09. The fraction of sp³-hybridized carbons (Fsp3) is 0.700. The molecule has 0 amide bonds. The highest BCUT2D eigenvalue weighted by Crippen LogP contribution is 1.97. The van der Waals surface area contributed by atoms with Gasteiger partial charge in [0.15, 0.2) is 0 Å². The van der Waals surface area contributed by atoms with Gasteiger partial charge in [0.2, 0.25) is 0 Å². The van der Waals surface area contributed by atoms with Gasteiger partial charge in [-0.05, 0) is 13.8 Å². The summed E-state index contributed by atoms with van der Waals surface area (Å²) in [4.78, 5) is 11.0. The van der Waals surface area contributed by atoms with Gasteiger partial charge < -0.3 is 26.2 Å². The molecule has 0 bridgehead atoms. The Bertz CT molecular complexity index is 202. The first-order valence-electron chi connectivity index (χ1n) is 4.53. The zero-order valence-electron chi connectivity index (χ0n) is 9.47. The van der Waals surface area contributed by atoms with E-state index in [2.05, 4.69) is 27.6 Å². The molecule has 0 aliphatic carbocycles. The van der Waals surface area contributed by atoms with Gasteiger partial charge in [0.1, 0.15) is 13.2 Å². The van der Waals surface area contributed by atoms with E-state index >= 15 is 0 Å². The second-order valence-corrected chi connectivity index (χ2v) is 3.89. The Hall–Kier alpha value is -0.350. The van der Waals surface area contributed by atoms with Crippen LogP contribution in [0.5, 0.6) is 0 Å². The quantitative estimate of drug-likeness (QED) is 0.334. The minimum absolute atomic E-state index is 0. The van der Waals surface area contributed by atoms with Crippen LogP contribution in [0.4, 0.5) is 0 Å². The van der Waals surface area contributed by atoms with Crippen molar-refractivity contribution in [1.29, 1.82) is 0 Å². The molecule has 3 nitrogen and oxygen atoms in total. The van der Waals surface area contributed by atoms with Gasteiger partial charge >= 0.3 is 5.97 Å². The molecule has 0 saturated heterocycles. The number of ether oxygens (including phenoxy) is 1. The maximum atomic E-state index is 11.0. The van der Waals surface area contributed by atoms with Crippen LogP contribution in [-0.2, 0) is 9.53 Å². The van der Waals surface area contributed by atoms with Crippen molar-refractivity contribution in [1.82, 2.24) is 0 Å². The number of hydrogen-bond donors (Lipinski definition) is 0. The lowest BCUT2D eigenvalue weighted by atomic mass is 10.4. The number of hydrogen-bond acceptors (Lipinski definition) is 2. The molecule has 0 rings (SSSR count). The smallest absolute Gasteiger partial charge is 0.333 e. The summed E-state index contributed by atoms with van der Waals surface area (Å²) in [6.45, 7) is 9.62. The van der Waals surface area contributed by atoms with Gasteiger partial charge in [0.25, 0.3) is 0 Å². The standard InChI is InChI=1S/C10H20NO2.BrH/c1-6-11(4,5)7-8-13-10(12)9(2)3;/h2,6-8H2,1,3-5H3;1H/q+1;/p-1. The Morgan fingerprint density at radius 1 is 1.43 bits per heavy atom. The fourth-order valence-electron chi connectivity index (χ4n) is 0.667. The molecule has 0 unspecified atom stereocenters. The van der Waals surface area contributed by atoms with Crippen LogP contribution in [0.2, 0.25) is 0 Å². The summed E-state index contributed by atoms with van der Waals surface area (Å²) in [7, 11) is 4.21. The summed E-state index contributed by atoms with van der Waals surface area (Å²) in [5, 5.41) is 0. The van der Waals surface area contributed by atoms with E-state index in [1.807, 2.05) is 0 Å². The van der Waals surface area contributed by atoms with Crippen LogP contribution in [0.25, 0.3) is 0 Å². The fourth-order valence-corrected chi connectivity index (χ4v) is 0.667. The average molecular weight is 266 g/mol. The van der Waals surface area contributed by atoms with Crippen LogP contribution >= 0.6 is 0 Å². The summed E-state index contributed by atoms with van der Waals surface area (Å²) in [6, 6.07) is 0. The number of nitrogens with zero attached hydrogens (tertiary/aromatic N) is 1. The van der Waals surface area contributed by atoms with E-state index in [1.165, 1.54) is 0 Å². The number of rotatable bonds is 5. The highest BCUT2D eigenvalue weighted by atomic mass is 79.9. The SMILES string of the molecule is C=C(C)C(=O)OCC[N+](C)(C)CC.[Br-]. The lowest BCUT2D eigenvalue weighted by molar-refractivity contribution is -0.888. The van der Waals surface area contributed by atoms with Crippen molar-refractivity contribution in [3.05, 3.63) is 12.2 Å². The van der Waals surface area contributed by atoms with Gasteiger partial charge in [-0.15, -0.1) is 0 Å². The molecule has 0 aromatic carbocycles. The minimum atomic E-state index is -0.295. The lowest BCUT2D eigenvalue weighted by Gasteiger charge is -2.27. The van der Waals surface area contributed by atoms with Crippen LogP contribution < -0.4 is 17.0 Å². The van der Waals surface area contributed by atoms with Crippen molar-refractivity contribution in [2.45, 2.75) is 13.8 Å². The van der Waals surface area contributed by atoms with Gasteiger partial charge in [-0.25, -0.2) is 4.79 Å². The zero-order valence-corrected chi connectivity index (χ0v) is 11.1. The molecule has 0 atom stereocenters. The van der Waals surface area contributed by atoms with Crippen LogP contribution in [0, 0.1) is 0 Å². The van der Waals surface area contributed by atoms with Crippen molar-refractivity contribution in [3.63, 3.8) is 0 Å². The van der Waals surface area contributed by atoms with Crippen molar-refractivity contribution in [2.24, 2.45) is 0 Å². The van der Waals surface area contributed by atoms with Gasteiger partial charge in [0.05, 0.1) is 20.6 Å². The topological polar surface area (TPSA) is 26.3 Å². The highest BCUT2D eigenvalue weighted by Gasteiger charge is 2.12. The molecule has 4 heteroatoms. The molecule has 0 aliphatic rings. The van der Waals surface area contributed by atoms with E-state index in [0.717, 1.165) is 17.6 Å². The number of halogens is 1. The maximum Gasteiger partial charge on any atom is 0.333 e. The predicted octanol–water partition coefficient (Wildman–Crippen LogP) is -1.79. The van der Waals surface area contributed by atoms with Crippen LogP contribution in [0.15, 0.2) is 12.2 Å². The molecule has 0 heterocycles. The van der Waals surface area contributed by atoms with Crippen molar-refractivity contribution in [3.8, 4) is 0 Å². The van der Waals surface area contributed by atoms with Gasteiger partial charge in [0, 0.05) is 5.57 Å². The molecule has 0 aromatic rings. The first-order valence-corrected chi connectivity index (χ1v) is 4.53. The number of carbonyl (C=O) groups excluding carboxylic acids is 1. The second-order valence-electron chi connectivity index (χ2n) is 3.89. The third-order valence-electron chi connectivity index (χ3n) is 2.13. The van der Waals surface area contributed by atoms with Crippen molar-refractivity contribution in [2.75, 3.05) is 33.8 Å².